The van der Waals surface area contributed by atoms with Gasteiger partial charge in [-0.25, -0.2) is 0 Å². The number of hydrogen-bond acceptors (Lipinski definition) is 5. The Morgan fingerprint density at radius 1 is 1.42 bits per heavy atom. The largest absolute Gasteiger partial charge is 0.378 e. The fourth-order valence-corrected chi connectivity index (χ4v) is 3.29. The van der Waals surface area contributed by atoms with Crippen LogP contribution in [0.2, 0.25) is 5.02 Å². The van der Waals surface area contributed by atoms with Gasteiger partial charge in [0.15, 0.2) is 0 Å². The molecule has 1 unspecified atom stereocenters. The van der Waals surface area contributed by atoms with Gasteiger partial charge in [0.1, 0.15) is 11.0 Å². The molecule has 6 heteroatoms. The van der Waals surface area contributed by atoms with Crippen molar-refractivity contribution in [2.75, 3.05) is 18.4 Å². The van der Waals surface area contributed by atoms with Crippen molar-refractivity contribution < 1.29 is 0 Å². The van der Waals surface area contributed by atoms with Gasteiger partial charge in [-0.05, 0) is 32.4 Å². The average molecular weight is 297 g/mol. The highest BCUT2D eigenvalue weighted by Gasteiger charge is 2.25. The first kappa shape index (κ1) is 13.1. The summed E-state index contributed by atoms with van der Waals surface area (Å²) in [7, 11) is 0. The lowest BCUT2D eigenvalue weighted by Gasteiger charge is -2.21. The SMILES string of the molecule is CC(C)N1CCC(Nc2c(Cl)ccc3nsnc23)C1. The van der Waals surface area contributed by atoms with E-state index in [-0.39, 0.29) is 0 Å². The summed E-state index contributed by atoms with van der Waals surface area (Å²) in [5, 5.41) is 4.28. The van der Waals surface area contributed by atoms with Gasteiger partial charge < -0.3 is 5.32 Å². The number of nitrogens with one attached hydrogen (secondary N) is 1. The van der Waals surface area contributed by atoms with Crippen LogP contribution in [0.3, 0.4) is 0 Å². The van der Waals surface area contributed by atoms with E-state index in [0.717, 1.165) is 41.3 Å². The summed E-state index contributed by atoms with van der Waals surface area (Å²) in [6.45, 7) is 6.67. The Hall–Kier alpha value is -0.910. The van der Waals surface area contributed by atoms with E-state index in [2.05, 4.69) is 32.8 Å². The van der Waals surface area contributed by atoms with Gasteiger partial charge in [0.25, 0.3) is 0 Å². The van der Waals surface area contributed by atoms with E-state index < -0.39 is 0 Å². The molecule has 0 saturated carbocycles. The summed E-state index contributed by atoms with van der Waals surface area (Å²) in [5.74, 6) is 0. The fourth-order valence-electron chi connectivity index (χ4n) is 2.54. The molecule has 1 aliphatic rings. The zero-order chi connectivity index (χ0) is 13.4. The molecule has 19 heavy (non-hydrogen) atoms. The number of rotatable bonds is 3. The number of anilines is 1. The van der Waals surface area contributed by atoms with Gasteiger partial charge in [-0.15, -0.1) is 0 Å². The number of fused-ring (bicyclic) bond motifs is 1. The molecule has 1 aliphatic heterocycles. The zero-order valence-electron chi connectivity index (χ0n) is 11.1. The summed E-state index contributed by atoms with van der Waals surface area (Å²) < 4.78 is 8.61. The van der Waals surface area contributed by atoms with E-state index in [4.69, 9.17) is 11.6 Å². The summed E-state index contributed by atoms with van der Waals surface area (Å²) in [4.78, 5) is 2.48. The molecule has 1 fully saturated rings. The molecule has 0 amide bonds. The number of likely N-dealkylation sites (tertiary alicyclic amines) is 1. The van der Waals surface area contributed by atoms with Crippen LogP contribution in [-0.4, -0.2) is 38.8 Å². The maximum Gasteiger partial charge on any atom is 0.129 e. The Bertz CT molecular complexity index is 583. The third kappa shape index (κ3) is 2.55. The smallest absolute Gasteiger partial charge is 0.129 e. The predicted molar refractivity (Wildman–Crippen MR) is 81.2 cm³/mol. The highest BCUT2D eigenvalue weighted by atomic mass is 35.5. The minimum Gasteiger partial charge on any atom is -0.378 e. The van der Waals surface area contributed by atoms with Crippen molar-refractivity contribution in [1.29, 1.82) is 0 Å². The van der Waals surface area contributed by atoms with E-state index in [1.807, 2.05) is 12.1 Å². The summed E-state index contributed by atoms with van der Waals surface area (Å²) >= 11 is 7.53. The molecule has 1 aromatic heterocycles. The first-order valence-electron chi connectivity index (χ1n) is 6.56. The monoisotopic (exact) mass is 296 g/mol. The molecule has 1 saturated heterocycles. The summed E-state index contributed by atoms with van der Waals surface area (Å²) in [6.07, 6.45) is 1.14. The van der Waals surface area contributed by atoms with Crippen molar-refractivity contribution in [2.24, 2.45) is 0 Å². The van der Waals surface area contributed by atoms with Gasteiger partial charge in [-0.2, -0.15) is 8.75 Å². The number of benzene rings is 1. The van der Waals surface area contributed by atoms with Crippen molar-refractivity contribution in [1.82, 2.24) is 13.6 Å². The predicted octanol–water partition coefficient (Wildman–Crippen LogP) is 3.24. The molecule has 1 aromatic carbocycles. The molecule has 2 aromatic rings. The zero-order valence-corrected chi connectivity index (χ0v) is 12.6. The second-order valence-corrected chi connectivity index (χ2v) is 6.21. The summed E-state index contributed by atoms with van der Waals surface area (Å²) in [6, 6.07) is 4.84. The second kappa shape index (κ2) is 5.23. The summed E-state index contributed by atoms with van der Waals surface area (Å²) in [5.41, 5.74) is 2.74. The van der Waals surface area contributed by atoms with Crippen LogP contribution in [0.25, 0.3) is 11.0 Å². The average Bonchev–Trinajstić information content (AvgIpc) is 3.01. The van der Waals surface area contributed by atoms with Crippen molar-refractivity contribution in [3.05, 3.63) is 17.2 Å². The molecular formula is C13H17ClN4S. The van der Waals surface area contributed by atoms with E-state index in [9.17, 15) is 0 Å². The van der Waals surface area contributed by atoms with Crippen molar-refractivity contribution >= 4 is 40.0 Å². The molecule has 3 rings (SSSR count). The van der Waals surface area contributed by atoms with E-state index in [1.54, 1.807) is 0 Å². The lowest BCUT2D eigenvalue weighted by atomic mass is 10.2. The third-order valence-electron chi connectivity index (χ3n) is 3.68. The molecule has 1 N–H and O–H groups in total. The van der Waals surface area contributed by atoms with Gasteiger partial charge in [0.2, 0.25) is 0 Å². The maximum absolute atomic E-state index is 6.30. The van der Waals surface area contributed by atoms with Gasteiger partial charge in [0.05, 0.1) is 22.4 Å². The first-order chi connectivity index (χ1) is 9.15. The Morgan fingerprint density at radius 2 is 2.26 bits per heavy atom. The van der Waals surface area contributed by atoms with Crippen molar-refractivity contribution in [3.63, 3.8) is 0 Å². The first-order valence-corrected chi connectivity index (χ1v) is 7.67. The third-order valence-corrected chi connectivity index (χ3v) is 4.53. The number of aromatic nitrogens is 2. The lowest BCUT2D eigenvalue weighted by molar-refractivity contribution is 0.274. The molecule has 102 valence electrons. The van der Waals surface area contributed by atoms with Crippen LogP contribution in [0.5, 0.6) is 0 Å². The molecule has 2 heterocycles. The van der Waals surface area contributed by atoms with Gasteiger partial charge in [0, 0.05) is 25.2 Å². The second-order valence-electron chi connectivity index (χ2n) is 5.27. The quantitative estimate of drug-likeness (QED) is 0.944. The highest BCUT2D eigenvalue weighted by Crippen LogP contribution is 2.31. The van der Waals surface area contributed by atoms with Crippen LogP contribution >= 0.6 is 23.3 Å². The minimum absolute atomic E-state index is 0.437. The fraction of sp³-hybridized carbons (Fsp3) is 0.538. The van der Waals surface area contributed by atoms with Crippen LogP contribution < -0.4 is 5.32 Å². The Balaban J connectivity index is 1.82. The molecule has 0 aliphatic carbocycles. The molecular weight excluding hydrogens is 280 g/mol. The van der Waals surface area contributed by atoms with Crippen molar-refractivity contribution in [2.45, 2.75) is 32.4 Å². The number of hydrogen-bond donors (Lipinski definition) is 1. The van der Waals surface area contributed by atoms with Crippen LogP contribution in [0, 0.1) is 0 Å². The maximum atomic E-state index is 6.30. The molecule has 0 bridgehead atoms. The Labute approximate surface area is 122 Å². The molecule has 4 nitrogen and oxygen atoms in total. The Morgan fingerprint density at radius 3 is 3.00 bits per heavy atom. The van der Waals surface area contributed by atoms with E-state index in [1.165, 1.54) is 11.7 Å². The van der Waals surface area contributed by atoms with Crippen LogP contribution in [0.4, 0.5) is 5.69 Å². The van der Waals surface area contributed by atoms with Crippen LogP contribution in [-0.2, 0) is 0 Å². The normalized spacial score (nSPS) is 20.5. The topological polar surface area (TPSA) is 41.0 Å². The van der Waals surface area contributed by atoms with Crippen LogP contribution in [0.15, 0.2) is 12.1 Å². The van der Waals surface area contributed by atoms with E-state index in [0.29, 0.717) is 12.1 Å². The van der Waals surface area contributed by atoms with Gasteiger partial charge in [-0.1, -0.05) is 11.6 Å². The highest BCUT2D eigenvalue weighted by molar-refractivity contribution is 7.00. The lowest BCUT2D eigenvalue weighted by Crippen LogP contribution is -2.31. The van der Waals surface area contributed by atoms with Crippen LogP contribution in [0.1, 0.15) is 20.3 Å². The molecule has 1 atom stereocenters. The standard InChI is InChI=1S/C13H17ClN4S/c1-8(2)18-6-5-9(7-18)15-12-10(14)3-4-11-13(12)17-19-16-11/h3-4,8-9,15H,5-7H2,1-2H3. The molecule has 0 radical (unpaired) electrons. The molecule has 0 spiro atoms. The van der Waals surface area contributed by atoms with E-state index >= 15 is 0 Å². The minimum atomic E-state index is 0.437. The number of nitrogens with zero attached hydrogens (tertiary/aromatic N) is 3. The van der Waals surface area contributed by atoms with Crippen molar-refractivity contribution in [3.8, 4) is 0 Å². The van der Waals surface area contributed by atoms with Gasteiger partial charge >= 0.3 is 0 Å². The Kier molecular flexibility index (Phi) is 3.60. The number of halogens is 1. The van der Waals surface area contributed by atoms with Gasteiger partial charge in [-0.3, -0.25) is 4.90 Å².